The molecule has 0 radical (unpaired) electrons. The first-order valence-electron chi connectivity index (χ1n) is 6.56. The molecule has 0 saturated heterocycles. The second-order valence-electron chi connectivity index (χ2n) is 5.48. The topological polar surface area (TPSA) is 98.5 Å². The van der Waals surface area contributed by atoms with Crippen molar-refractivity contribution in [1.29, 1.82) is 0 Å². The van der Waals surface area contributed by atoms with Crippen molar-refractivity contribution in [3.05, 3.63) is 24.3 Å². The number of sulfone groups is 1. The third kappa shape index (κ3) is 5.63. The highest BCUT2D eigenvalue weighted by atomic mass is 32.2. The molecule has 0 heterocycles. The monoisotopic (exact) mass is 314 g/mol. The normalized spacial score (nSPS) is 12.0. The molecule has 0 atom stereocenters. The summed E-state index contributed by atoms with van der Waals surface area (Å²) in [6, 6.07) is 6.93. The van der Waals surface area contributed by atoms with Crippen molar-refractivity contribution < 1.29 is 17.9 Å². The summed E-state index contributed by atoms with van der Waals surface area (Å²) in [5.74, 6) is 0.342. The fraction of sp³-hybridized carbons (Fsp3) is 0.500. The number of benzene rings is 1. The molecule has 0 aliphatic carbocycles. The Bertz CT molecular complexity index is 597. The number of anilines is 1. The van der Waals surface area contributed by atoms with Gasteiger partial charge in [0.15, 0.2) is 9.84 Å². The Morgan fingerprint density at radius 3 is 2.62 bits per heavy atom. The van der Waals surface area contributed by atoms with Crippen molar-refractivity contribution in [3.8, 4) is 5.75 Å². The summed E-state index contributed by atoms with van der Waals surface area (Å²) in [7, 11) is -3.23. The van der Waals surface area contributed by atoms with E-state index < -0.39 is 14.6 Å². The molecule has 0 aliphatic heterocycles. The van der Waals surface area contributed by atoms with Crippen LogP contribution in [0.15, 0.2) is 24.3 Å². The Kier molecular flexibility index (Phi) is 5.60. The summed E-state index contributed by atoms with van der Waals surface area (Å²) in [6.07, 6.45) is 1.30. The Balaban J connectivity index is 2.35. The molecule has 0 aliphatic rings. The van der Waals surface area contributed by atoms with Crippen LogP contribution < -0.4 is 15.8 Å². The molecular formula is C14H22N2O4S. The van der Waals surface area contributed by atoms with E-state index in [-0.39, 0.29) is 25.5 Å². The summed E-state index contributed by atoms with van der Waals surface area (Å²) >= 11 is 0. The summed E-state index contributed by atoms with van der Waals surface area (Å²) in [5, 5.41) is 2.60. The predicted octanol–water partition coefficient (Wildman–Crippen LogP) is 0.977. The first kappa shape index (κ1) is 17.3. The van der Waals surface area contributed by atoms with Crippen LogP contribution in [-0.4, -0.2) is 38.5 Å². The van der Waals surface area contributed by atoms with E-state index in [0.717, 1.165) is 6.26 Å². The second kappa shape index (κ2) is 6.80. The molecule has 21 heavy (non-hydrogen) atoms. The minimum Gasteiger partial charge on any atom is -0.493 e. The zero-order valence-corrected chi connectivity index (χ0v) is 13.4. The van der Waals surface area contributed by atoms with Crippen molar-refractivity contribution >= 4 is 21.4 Å². The van der Waals surface area contributed by atoms with Crippen LogP contribution in [0.1, 0.15) is 20.3 Å². The van der Waals surface area contributed by atoms with Gasteiger partial charge in [-0.1, -0.05) is 6.07 Å². The maximum Gasteiger partial charge on any atom is 0.223 e. The number of nitrogen functional groups attached to an aromatic ring is 1. The van der Waals surface area contributed by atoms with E-state index in [1.54, 1.807) is 38.1 Å². The van der Waals surface area contributed by atoms with E-state index >= 15 is 0 Å². The summed E-state index contributed by atoms with van der Waals surface area (Å²) in [4.78, 5) is 11.7. The van der Waals surface area contributed by atoms with Gasteiger partial charge in [0.2, 0.25) is 5.91 Å². The van der Waals surface area contributed by atoms with Crippen LogP contribution >= 0.6 is 0 Å². The van der Waals surface area contributed by atoms with Gasteiger partial charge in [-0.25, -0.2) is 8.42 Å². The quantitative estimate of drug-likeness (QED) is 0.731. The Labute approximate surface area is 125 Å². The van der Waals surface area contributed by atoms with Gasteiger partial charge in [-0.15, -0.1) is 0 Å². The highest BCUT2D eigenvalue weighted by molar-refractivity contribution is 7.92. The third-order valence-corrected chi connectivity index (χ3v) is 5.32. The van der Waals surface area contributed by atoms with Crippen molar-refractivity contribution in [2.24, 2.45) is 0 Å². The molecular weight excluding hydrogens is 292 g/mol. The highest BCUT2D eigenvalue weighted by Crippen LogP contribution is 2.15. The zero-order valence-electron chi connectivity index (χ0n) is 12.5. The van der Waals surface area contributed by atoms with E-state index in [1.807, 2.05) is 0 Å². The Hall–Kier alpha value is -1.76. The molecule has 0 unspecified atom stereocenters. The fourth-order valence-electron chi connectivity index (χ4n) is 1.40. The molecule has 7 heteroatoms. The number of hydrogen-bond acceptors (Lipinski definition) is 5. The van der Waals surface area contributed by atoms with E-state index in [0.29, 0.717) is 11.4 Å². The first-order valence-corrected chi connectivity index (χ1v) is 8.45. The summed E-state index contributed by atoms with van der Waals surface area (Å²) < 4.78 is 27.4. The van der Waals surface area contributed by atoms with Gasteiger partial charge in [-0.3, -0.25) is 4.79 Å². The molecule has 3 N–H and O–H groups in total. The van der Waals surface area contributed by atoms with Gasteiger partial charge in [0.1, 0.15) is 5.75 Å². The largest absolute Gasteiger partial charge is 0.493 e. The van der Waals surface area contributed by atoms with Gasteiger partial charge in [-0.2, -0.15) is 0 Å². The van der Waals surface area contributed by atoms with Crippen LogP contribution in [0.2, 0.25) is 0 Å². The number of hydrogen-bond donors (Lipinski definition) is 2. The summed E-state index contributed by atoms with van der Waals surface area (Å²) in [5.41, 5.74) is 6.20. The molecule has 1 aromatic rings. The van der Waals surface area contributed by atoms with Crippen LogP contribution in [-0.2, 0) is 14.6 Å². The van der Waals surface area contributed by atoms with E-state index in [2.05, 4.69) is 5.32 Å². The average Bonchev–Trinajstić information content (AvgIpc) is 2.35. The molecule has 0 aromatic heterocycles. The maximum absolute atomic E-state index is 11.7. The number of amides is 1. The highest BCUT2D eigenvalue weighted by Gasteiger charge is 2.30. The lowest BCUT2D eigenvalue weighted by atomic mass is 10.2. The van der Waals surface area contributed by atoms with Gasteiger partial charge in [0, 0.05) is 24.6 Å². The molecule has 0 saturated carbocycles. The molecule has 6 nitrogen and oxygen atoms in total. The van der Waals surface area contributed by atoms with E-state index in [9.17, 15) is 13.2 Å². The molecule has 118 valence electrons. The second-order valence-corrected chi connectivity index (χ2v) is 8.13. The van der Waals surface area contributed by atoms with Crippen molar-refractivity contribution in [2.75, 3.05) is 25.1 Å². The van der Waals surface area contributed by atoms with Crippen molar-refractivity contribution in [3.63, 3.8) is 0 Å². The minimum atomic E-state index is -3.23. The number of ether oxygens (including phenoxy) is 1. The lowest BCUT2D eigenvalue weighted by Gasteiger charge is -2.22. The summed E-state index contributed by atoms with van der Waals surface area (Å²) in [6.45, 7) is 3.43. The van der Waals surface area contributed by atoms with Crippen molar-refractivity contribution in [1.82, 2.24) is 5.32 Å². The zero-order chi connectivity index (χ0) is 16.1. The lowest BCUT2D eigenvalue weighted by molar-refractivity contribution is -0.121. The number of carbonyl (C=O) groups excluding carboxylic acids is 1. The lowest BCUT2D eigenvalue weighted by Crippen LogP contribution is -2.44. The standard InChI is InChI=1S/C14H22N2O4S/c1-14(2,21(3,18)19)10-16-13(17)7-8-20-12-6-4-5-11(15)9-12/h4-6,9H,7-8,10,15H2,1-3H3,(H,16,17). The minimum absolute atomic E-state index is 0.0724. The molecule has 1 amide bonds. The SMILES string of the molecule is CC(C)(CNC(=O)CCOc1cccc(N)c1)S(C)(=O)=O. The smallest absolute Gasteiger partial charge is 0.223 e. The van der Waals surface area contributed by atoms with Crippen LogP contribution in [0.25, 0.3) is 0 Å². The van der Waals surface area contributed by atoms with Crippen LogP contribution in [0, 0.1) is 0 Å². The molecule has 0 fully saturated rings. The Morgan fingerprint density at radius 2 is 2.05 bits per heavy atom. The molecule has 0 spiro atoms. The Morgan fingerprint density at radius 1 is 1.38 bits per heavy atom. The van der Waals surface area contributed by atoms with Gasteiger partial charge in [0.25, 0.3) is 0 Å². The van der Waals surface area contributed by atoms with E-state index in [1.165, 1.54) is 0 Å². The number of nitrogens with two attached hydrogens (primary N) is 1. The maximum atomic E-state index is 11.7. The van der Waals surface area contributed by atoms with E-state index in [4.69, 9.17) is 10.5 Å². The molecule has 0 bridgehead atoms. The van der Waals surface area contributed by atoms with Gasteiger partial charge in [-0.05, 0) is 26.0 Å². The predicted molar refractivity (Wildman–Crippen MR) is 82.9 cm³/mol. The van der Waals surface area contributed by atoms with Gasteiger partial charge < -0.3 is 15.8 Å². The van der Waals surface area contributed by atoms with Crippen LogP contribution in [0.3, 0.4) is 0 Å². The van der Waals surface area contributed by atoms with Crippen molar-refractivity contribution in [2.45, 2.75) is 25.0 Å². The third-order valence-electron chi connectivity index (χ3n) is 3.17. The molecule has 1 aromatic carbocycles. The molecule has 1 rings (SSSR count). The number of nitrogens with one attached hydrogen (secondary N) is 1. The first-order chi connectivity index (χ1) is 9.62. The van der Waals surface area contributed by atoms with Gasteiger partial charge >= 0.3 is 0 Å². The van der Waals surface area contributed by atoms with Crippen LogP contribution in [0.4, 0.5) is 5.69 Å². The number of carbonyl (C=O) groups is 1. The van der Waals surface area contributed by atoms with Crippen LogP contribution in [0.5, 0.6) is 5.75 Å². The fourth-order valence-corrected chi connectivity index (χ4v) is 1.73. The number of rotatable bonds is 7. The van der Waals surface area contributed by atoms with Gasteiger partial charge in [0.05, 0.1) is 17.8 Å². The average molecular weight is 314 g/mol.